The predicted molar refractivity (Wildman–Crippen MR) is 113 cm³/mol. The third kappa shape index (κ3) is 5.74. The molecule has 0 unspecified atom stereocenters. The maximum atomic E-state index is 12.4. The van der Waals surface area contributed by atoms with Gasteiger partial charge in [-0.3, -0.25) is 4.79 Å². The summed E-state index contributed by atoms with van der Waals surface area (Å²) in [4.78, 5) is 32.7. The molecule has 0 aliphatic carbocycles. The topological polar surface area (TPSA) is 86.8 Å². The van der Waals surface area contributed by atoms with Crippen LogP contribution in [0.1, 0.15) is 6.42 Å². The molecule has 154 valence electrons. The molecule has 0 saturated carbocycles. The number of ether oxygens (including phenoxy) is 1. The second-order valence-corrected chi connectivity index (χ2v) is 6.94. The molecule has 1 saturated heterocycles. The van der Waals surface area contributed by atoms with Gasteiger partial charge >= 0.3 is 6.03 Å². The van der Waals surface area contributed by atoms with Crippen molar-refractivity contribution in [3.05, 3.63) is 47.6 Å². The Balaban J connectivity index is 1.37. The molecular formula is C20H24ClN5O3. The number of halogens is 1. The number of anilines is 2. The van der Waals surface area contributed by atoms with Crippen LogP contribution in [0.3, 0.4) is 0 Å². The van der Waals surface area contributed by atoms with Crippen LogP contribution in [-0.4, -0.2) is 61.7 Å². The summed E-state index contributed by atoms with van der Waals surface area (Å²) in [6, 6.07) is 10.4. The largest absolute Gasteiger partial charge is 0.495 e. The molecule has 2 N–H and O–H groups in total. The quantitative estimate of drug-likeness (QED) is 0.754. The van der Waals surface area contributed by atoms with E-state index in [0.29, 0.717) is 29.5 Å². The molecule has 29 heavy (non-hydrogen) atoms. The van der Waals surface area contributed by atoms with E-state index in [2.05, 4.69) is 20.5 Å². The smallest absolute Gasteiger partial charge is 0.319 e. The molecule has 3 amide bonds. The molecule has 1 aliphatic rings. The third-order valence-electron chi connectivity index (χ3n) is 4.64. The number of nitrogens with zero attached hydrogens (tertiary/aromatic N) is 3. The molecule has 2 aromatic rings. The number of pyridine rings is 1. The molecule has 8 nitrogen and oxygen atoms in total. The van der Waals surface area contributed by atoms with Crippen molar-refractivity contribution in [2.24, 2.45) is 0 Å². The van der Waals surface area contributed by atoms with Crippen molar-refractivity contribution >= 4 is 35.0 Å². The number of carbonyl (C=O) groups excluding carboxylic acids is 2. The number of carbonyl (C=O) groups is 2. The van der Waals surface area contributed by atoms with Gasteiger partial charge in [-0.15, -0.1) is 0 Å². The first-order valence-corrected chi connectivity index (χ1v) is 9.77. The first kappa shape index (κ1) is 20.7. The summed E-state index contributed by atoms with van der Waals surface area (Å²) in [5, 5.41) is 5.78. The Hall–Kier alpha value is -3.00. The molecule has 0 atom stereocenters. The van der Waals surface area contributed by atoms with Crippen molar-refractivity contribution in [3.63, 3.8) is 0 Å². The standard InChI is InChI=1S/C20H24ClN5O3/c1-29-17-6-5-15(14-16(17)21)24-20(28)23-9-7-19(27)26-12-10-25(11-13-26)18-4-2-3-8-22-18/h2-6,8,14H,7,9-13H2,1H3,(H2,23,24,28). The number of piperazine rings is 1. The minimum Gasteiger partial charge on any atom is -0.495 e. The highest BCUT2D eigenvalue weighted by atomic mass is 35.5. The van der Waals surface area contributed by atoms with Crippen LogP contribution in [-0.2, 0) is 4.79 Å². The maximum Gasteiger partial charge on any atom is 0.319 e. The number of urea groups is 1. The van der Waals surface area contributed by atoms with Crippen LogP contribution in [0.4, 0.5) is 16.3 Å². The SMILES string of the molecule is COc1ccc(NC(=O)NCCC(=O)N2CCN(c3ccccn3)CC2)cc1Cl. The summed E-state index contributed by atoms with van der Waals surface area (Å²) in [5.41, 5.74) is 0.547. The fourth-order valence-corrected chi connectivity index (χ4v) is 3.34. The Bertz CT molecular complexity index is 841. The highest BCUT2D eigenvalue weighted by molar-refractivity contribution is 6.32. The van der Waals surface area contributed by atoms with Crippen molar-refractivity contribution in [2.45, 2.75) is 6.42 Å². The monoisotopic (exact) mass is 417 g/mol. The first-order chi connectivity index (χ1) is 14.1. The summed E-state index contributed by atoms with van der Waals surface area (Å²) in [5.74, 6) is 1.49. The van der Waals surface area contributed by atoms with Crippen LogP contribution in [0.5, 0.6) is 5.75 Å². The normalized spacial score (nSPS) is 13.7. The van der Waals surface area contributed by atoms with Gasteiger partial charge in [0.2, 0.25) is 5.91 Å². The van der Waals surface area contributed by atoms with Crippen LogP contribution in [0, 0.1) is 0 Å². The van der Waals surface area contributed by atoms with Crippen LogP contribution in [0.15, 0.2) is 42.6 Å². The fourth-order valence-electron chi connectivity index (χ4n) is 3.09. The van der Waals surface area contributed by atoms with E-state index >= 15 is 0 Å². The number of hydrogen-bond donors (Lipinski definition) is 2. The Labute approximate surface area is 174 Å². The number of aromatic nitrogens is 1. The Morgan fingerprint density at radius 3 is 2.62 bits per heavy atom. The third-order valence-corrected chi connectivity index (χ3v) is 4.94. The number of rotatable bonds is 6. The second-order valence-electron chi connectivity index (χ2n) is 6.54. The van der Waals surface area contributed by atoms with Gasteiger partial charge in [-0.25, -0.2) is 9.78 Å². The number of nitrogens with one attached hydrogen (secondary N) is 2. The number of amides is 3. The zero-order chi connectivity index (χ0) is 20.6. The van der Waals surface area contributed by atoms with E-state index in [1.165, 1.54) is 7.11 Å². The average Bonchev–Trinajstić information content (AvgIpc) is 2.74. The lowest BCUT2D eigenvalue weighted by Crippen LogP contribution is -2.49. The van der Waals surface area contributed by atoms with Crippen molar-refractivity contribution in [1.82, 2.24) is 15.2 Å². The Kier molecular flexibility index (Phi) is 7.13. The van der Waals surface area contributed by atoms with Crippen molar-refractivity contribution in [3.8, 4) is 5.75 Å². The molecule has 3 rings (SSSR count). The highest BCUT2D eigenvalue weighted by Gasteiger charge is 2.21. The second kappa shape index (κ2) is 9.97. The van der Waals surface area contributed by atoms with Crippen molar-refractivity contribution < 1.29 is 14.3 Å². The van der Waals surface area contributed by atoms with E-state index in [9.17, 15) is 9.59 Å². The summed E-state index contributed by atoms with van der Waals surface area (Å²) in [6.07, 6.45) is 2.02. The summed E-state index contributed by atoms with van der Waals surface area (Å²) < 4.78 is 5.08. The molecule has 1 aromatic heterocycles. The Morgan fingerprint density at radius 2 is 1.97 bits per heavy atom. The van der Waals surface area contributed by atoms with Gasteiger partial charge in [-0.05, 0) is 30.3 Å². The zero-order valence-electron chi connectivity index (χ0n) is 16.2. The lowest BCUT2D eigenvalue weighted by atomic mass is 10.2. The van der Waals surface area contributed by atoms with Gasteiger partial charge in [0.15, 0.2) is 0 Å². The first-order valence-electron chi connectivity index (χ1n) is 9.39. The van der Waals surface area contributed by atoms with E-state index in [-0.39, 0.29) is 24.9 Å². The molecule has 1 aliphatic heterocycles. The Morgan fingerprint density at radius 1 is 1.17 bits per heavy atom. The molecule has 0 spiro atoms. The van der Waals surface area contributed by atoms with Crippen LogP contribution >= 0.6 is 11.6 Å². The van der Waals surface area contributed by atoms with Gasteiger partial charge < -0.3 is 25.2 Å². The van der Waals surface area contributed by atoms with Crippen LogP contribution < -0.4 is 20.3 Å². The molecule has 1 fully saturated rings. The van der Waals surface area contributed by atoms with Crippen molar-refractivity contribution in [2.75, 3.05) is 50.1 Å². The summed E-state index contributed by atoms with van der Waals surface area (Å²) in [6.45, 7) is 3.04. The van der Waals surface area contributed by atoms with E-state index in [1.807, 2.05) is 23.1 Å². The van der Waals surface area contributed by atoms with Gasteiger partial charge in [0.25, 0.3) is 0 Å². The van der Waals surface area contributed by atoms with E-state index in [4.69, 9.17) is 16.3 Å². The highest BCUT2D eigenvalue weighted by Crippen LogP contribution is 2.27. The van der Waals surface area contributed by atoms with Crippen molar-refractivity contribution in [1.29, 1.82) is 0 Å². The van der Waals surface area contributed by atoms with Gasteiger partial charge in [0.05, 0.1) is 12.1 Å². The minimum absolute atomic E-state index is 0.0264. The number of methoxy groups -OCH3 is 1. The molecule has 0 bridgehead atoms. The van der Waals surface area contributed by atoms with E-state index < -0.39 is 0 Å². The number of benzene rings is 1. The van der Waals surface area contributed by atoms with Gasteiger partial charge in [-0.2, -0.15) is 0 Å². The van der Waals surface area contributed by atoms with Crippen LogP contribution in [0.25, 0.3) is 0 Å². The predicted octanol–water partition coefficient (Wildman–Crippen LogP) is 2.60. The molecule has 0 radical (unpaired) electrons. The zero-order valence-corrected chi connectivity index (χ0v) is 17.0. The van der Waals surface area contributed by atoms with E-state index in [0.717, 1.165) is 18.9 Å². The van der Waals surface area contributed by atoms with Gasteiger partial charge in [0.1, 0.15) is 11.6 Å². The number of hydrogen-bond acceptors (Lipinski definition) is 5. The average molecular weight is 418 g/mol. The summed E-state index contributed by atoms with van der Waals surface area (Å²) >= 11 is 6.04. The minimum atomic E-state index is -0.390. The molecule has 1 aromatic carbocycles. The lowest BCUT2D eigenvalue weighted by Gasteiger charge is -2.35. The summed E-state index contributed by atoms with van der Waals surface area (Å²) in [7, 11) is 1.52. The lowest BCUT2D eigenvalue weighted by molar-refractivity contribution is -0.131. The van der Waals surface area contributed by atoms with Gasteiger partial charge in [0, 0.05) is 51.0 Å². The molecule has 2 heterocycles. The maximum absolute atomic E-state index is 12.4. The fraction of sp³-hybridized carbons (Fsp3) is 0.350. The molecular weight excluding hydrogens is 394 g/mol. The molecule has 9 heteroatoms. The van der Waals surface area contributed by atoms with Crippen LogP contribution in [0.2, 0.25) is 5.02 Å². The van der Waals surface area contributed by atoms with Gasteiger partial charge in [-0.1, -0.05) is 17.7 Å². The van der Waals surface area contributed by atoms with E-state index in [1.54, 1.807) is 24.4 Å².